The summed E-state index contributed by atoms with van der Waals surface area (Å²) in [5.74, 6) is -1.45. The first-order valence-corrected chi connectivity index (χ1v) is 6.69. The van der Waals surface area contributed by atoms with Crippen LogP contribution in [0.4, 0.5) is 4.39 Å². The number of carbonyl (C=O) groups is 1. The Morgan fingerprint density at radius 1 is 1.38 bits per heavy atom. The Labute approximate surface area is 98.1 Å². The number of rotatable bonds is 4. The van der Waals surface area contributed by atoms with E-state index in [4.69, 9.17) is 11.6 Å². The second-order valence-corrected chi connectivity index (χ2v) is 6.21. The molecule has 0 aliphatic carbocycles. The molecule has 0 unspecified atom stereocenters. The fourth-order valence-corrected chi connectivity index (χ4v) is 2.31. The lowest BCUT2D eigenvalue weighted by molar-refractivity contribution is 0.101. The molecule has 1 atom stereocenters. The summed E-state index contributed by atoms with van der Waals surface area (Å²) in [5.41, 5.74) is 0.0819. The van der Waals surface area contributed by atoms with Gasteiger partial charge in [-0.2, -0.15) is 0 Å². The quantitative estimate of drug-likeness (QED) is 0.617. The van der Waals surface area contributed by atoms with Gasteiger partial charge in [-0.25, -0.2) is 12.8 Å². The number of benzene rings is 1. The fourth-order valence-electron chi connectivity index (χ4n) is 1.05. The van der Waals surface area contributed by atoms with Crippen LogP contribution in [-0.4, -0.2) is 24.7 Å². The zero-order valence-corrected chi connectivity index (χ0v) is 10.1. The zero-order valence-electron chi connectivity index (χ0n) is 8.48. The summed E-state index contributed by atoms with van der Waals surface area (Å²) >= 11 is 5.57. The molecule has 0 bridgehead atoms. The van der Waals surface area contributed by atoms with Crippen molar-refractivity contribution in [2.75, 3.05) is 5.75 Å². The van der Waals surface area contributed by atoms with Gasteiger partial charge in [0, 0.05) is 11.3 Å². The van der Waals surface area contributed by atoms with Crippen molar-refractivity contribution in [3.63, 3.8) is 0 Å². The van der Waals surface area contributed by atoms with E-state index in [1.165, 1.54) is 19.1 Å². The molecule has 1 rings (SSSR count). The maximum Gasteiger partial charge on any atom is 0.197 e. The standard InChI is InChI=1S/C10H10ClFO3S/c1-2-16(14,15)10(11)9(13)7-3-5-8(12)6-4-7/h3-6,10H,2H2,1H3/t10-/m1/s1. The van der Waals surface area contributed by atoms with Crippen molar-refractivity contribution in [2.45, 2.75) is 11.6 Å². The van der Waals surface area contributed by atoms with Crippen molar-refractivity contribution in [1.82, 2.24) is 0 Å². The molecule has 0 N–H and O–H groups in total. The Morgan fingerprint density at radius 2 is 1.88 bits per heavy atom. The summed E-state index contributed by atoms with van der Waals surface area (Å²) in [5, 5.41) is 0. The van der Waals surface area contributed by atoms with E-state index in [2.05, 4.69) is 0 Å². The monoisotopic (exact) mass is 264 g/mol. The van der Waals surface area contributed by atoms with Gasteiger partial charge in [-0.1, -0.05) is 18.5 Å². The van der Waals surface area contributed by atoms with E-state index in [0.29, 0.717) is 0 Å². The number of hydrogen-bond donors (Lipinski definition) is 0. The number of alkyl halides is 1. The average molecular weight is 265 g/mol. The smallest absolute Gasteiger partial charge is 0.197 e. The summed E-state index contributed by atoms with van der Waals surface area (Å²) in [6.07, 6.45) is 0. The maximum absolute atomic E-state index is 12.6. The lowest BCUT2D eigenvalue weighted by Gasteiger charge is -2.08. The highest BCUT2D eigenvalue weighted by Gasteiger charge is 2.29. The normalized spacial score (nSPS) is 13.4. The van der Waals surface area contributed by atoms with E-state index in [1.54, 1.807) is 0 Å². The number of sulfone groups is 1. The lowest BCUT2D eigenvalue weighted by atomic mass is 10.1. The molecular weight excluding hydrogens is 255 g/mol. The number of halogens is 2. The summed E-state index contributed by atoms with van der Waals surface area (Å²) < 4.78 is 33.7. The van der Waals surface area contributed by atoms with Gasteiger partial charge >= 0.3 is 0 Å². The molecule has 1 aromatic rings. The molecule has 0 aromatic heterocycles. The minimum absolute atomic E-state index is 0.0819. The molecular formula is C10H10ClFO3S. The summed E-state index contributed by atoms with van der Waals surface area (Å²) in [6.45, 7) is 1.41. The van der Waals surface area contributed by atoms with Crippen LogP contribution in [0.15, 0.2) is 24.3 Å². The third-order valence-electron chi connectivity index (χ3n) is 2.05. The Balaban J connectivity index is 2.99. The third kappa shape index (κ3) is 2.80. The number of Topliss-reactive ketones (excluding diaryl/α,β-unsaturated/α-hetero) is 1. The maximum atomic E-state index is 12.6. The largest absolute Gasteiger partial charge is 0.291 e. The van der Waals surface area contributed by atoms with Crippen molar-refractivity contribution in [3.05, 3.63) is 35.6 Å². The van der Waals surface area contributed by atoms with Crippen LogP contribution in [0.1, 0.15) is 17.3 Å². The van der Waals surface area contributed by atoms with Gasteiger partial charge in [0.2, 0.25) is 0 Å². The van der Waals surface area contributed by atoms with Gasteiger partial charge in [-0.15, -0.1) is 0 Å². The second kappa shape index (κ2) is 4.93. The first-order valence-electron chi connectivity index (χ1n) is 4.54. The van der Waals surface area contributed by atoms with Gasteiger partial charge < -0.3 is 0 Å². The predicted molar refractivity (Wildman–Crippen MR) is 59.8 cm³/mol. The topological polar surface area (TPSA) is 51.2 Å². The van der Waals surface area contributed by atoms with Crippen LogP contribution in [-0.2, 0) is 9.84 Å². The van der Waals surface area contributed by atoms with Crippen molar-refractivity contribution in [1.29, 1.82) is 0 Å². The summed E-state index contributed by atoms with van der Waals surface area (Å²) in [6, 6.07) is 4.57. The van der Waals surface area contributed by atoms with E-state index in [-0.39, 0.29) is 11.3 Å². The molecule has 0 amide bonds. The van der Waals surface area contributed by atoms with Gasteiger partial charge in [0.15, 0.2) is 20.3 Å². The summed E-state index contributed by atoms with van der Waals surface area (Å²) in [7, 11) is -3.63. The zero-order chi connectivity index (χ0) is 12.3. The minimum atomic E-state index is -3.63. The molecule has 0 aliphatic heterocycles. The number of hydrogen-bond acceptors (Lipinski definition) is 3. The van der Waals surface area contributed by atoms with Gasteiger partial charge in [-0.3, -0.25) is 4.79 Å². The Bertz CT molecular complexity index is 481. The van der Waals surface area contributed by atoms with Crippen LogP contribution in [0.3, 0.4) is 0 Å². The second-order valence-electron chi connectivity index (χ2n) is 3.14. The molecule has 6 heteroatoms. The first-order chi connectivity index (χ1) is 7.38. The van der Waals surface area contributed by atoms with E-state index >= 15 is 0 Å². The Kier molecular flexibility index (Phi) is 4.04. The van der Waals surface area contributed by atoms with Gasteiger partial charge in [0.25, 0.3) is 0 Å². The Morgan fingerprint density at radius 3 is 2.31 bits per heavy atom. The lowest BCUT2D eigenvalue weighted by Crippen LogP contribution is -2.26. The van der Waals surface area contributed by atoms with Gasteiger partial charge in [0.05, 0.1) is 0 Å². The predicted octanol–water partition coefficient (Wildman–Crippen LogP) is 2.01. The highest BCUT2D eigenvalue weighted by atomic mass is 35.5. The van der Waals surface area contributed by atoms with E-state index in [0.717, 1.165) is 12.1 Å². The van der Waals surface area contributed by atoms with E-state index in [1.807, 2.05) is 0 Å². The minimum Gasteiger partial charge on any atom is -0.291 e. The number of ketones is 1. The average Bonchev–Trinajstić information content (AvgIpc) is 2.28. The third-order valence-corrected chi connectivity index (χ3v) is 4.71. The van der Waals surface area contributed by atoms with Gasteiger partial charge in [-0.05, 0) is 24.3 Å². The van der Waals surface area contributed by atoms with Crippen LogP contribution < -0.4 is 0 Å². The van der Waals surface area contributed by atoms with E-state index in [9.17, 15) is 17.6 Å². The van der Waals surface area contributed by atoms with Crippen LogP contribution in [0.2, 0.25) is 0 Å². The molecule has 88 valence electrons. The summed E-state index contributed by atoms with van der Waals surface area (Å²) in [4.78, 5) is 11.6. The van der Waals surface area contributed by atoms with E-state index < -0.39 is 26.1 Å². The van der Waals surface area contributed by atoms with Crippen LogP contribution in [0.25, 0.3) is 0 Å². The SMILES string of the molecule is CCS(=O)(=O)[C@@H](Cl)C(=O)c1ccc(F)cc1. The molecule has 0 saturated heterocycles. The molecule has 0 fully saturated rings. The molecule has 1 aromatic carbocycles. The molecule has 0 spiro atoms. The molecule has 0 radical (unpaired) electrons. The number of carbonyl (C=O) groups excluding carboxylic acids is 1. The molecule has 0 heterocycles. The van der Waals surface area contributed by atoms with Crippen molar-refractivity contribution < 1.29 is 17.6 Å². The van der Waals surface area contributed by atoms with Crippen LogP contribution in [0, 0.1) is 5.82 Å². The van der Waals surface area contributed by atoms with Crippen LogP contribution >= 0.6 is 11.6 Å². The van der Waals surface area contributed by atoms with Gasteiger partial charge in [0.1, 0.15) is 5.82 Å². The molecule has 0 aliphatic rings. The fraction of sp³-hybridized carbons (Fsp3) is 0.300. The highest BCUT2D eigenvalue weighted by molar-refractivity contribution is 7.94. The van der Waals surface area contributed by atoms with Crippen molar-refractivity contribution >= 4 is 27.2 Å². The van der Waals surface area contributed by atoms with Crippen molar-refractivity contribution in [2.24, 2.45) is 0 Å². The first kappa shape index (κ1) is 13.1. The highest BCUT2D eigenvalue weighted by Crippen LogP contribution is 2.15. The Hall–Kier alpha value is -0.940. The molecule has 0 saturated carbocycles. The molecule has 16 heavy (non-hydrogen) atoms. The molecule has 3 nitrogen and oxygen atoms in total. The van der Waals surface area contributed by atoms with Crippen molar-refractivity contribution in [3.8, 4) is 0 Å². The van der Waals surface area contributed by atoms with Crippen LogP contribution in [0.5, 0.6) is 0 Å².